The van der Waals surface area contributed by atoms with Gasteiger partial charge in [-0.3, -0.25) is 0 Å². The second-order valence-corrected chi connectivity index (χ2v) is 6.60. The number of hydrogen-bond donors (Lipinski definition) is 0. The zero-order valence-corrected chi connectivity index (χ0v) is 14.0. The SMILES string of the molecule is CC(C)OC(O[SiH2]c1ccc(C(F)(F)F)cc1)OC(C)C. The Kier molecular flexibility index (Phi) is 6.86. The van der Waals surface area contributed by atoms with E-state index in [1.54, 1.807) is 0 Å². The maximum Gasteiger partial charge on any atom is 0.416 e. The number of hydrogen-bond acceptors (Lipinski definition) is 3. The molecule has 1 aromatic carbocycles. The summed E-state index contributed by atoms with van der Waals surface area (Å²) in [5.74, 6) is 0. The van der Waals surface area contributed by atoms with Gasteiger partial charge in [-0.1, -0.05) is 24.3 Å². The van der Waals surface area contributed by atoms with Crippen LogP contribution in [0, 0.1) is 0 Å². The van der Waals surface area contributed by atoms with Crippen molar-refractivity contribution >= 4 is 14.9 Å². The first-order valence-electron chi connectivity index (χ1n) is 6.77. The van der Waals surface area contributed by atoms with Crippen LogP contribution in [0.1, 0.15) is 33.3 Å². The third-order valence-electron chi connectivity index (χ3n) is 2.43. The molecule has 0 spiro atoms. The summed E-state index contributed by atoms with van der Waals surface area (Å²) in [6, 6.07) is 5.01. The van der Waals surface area contributed by atoms with Crippen molar-refractivity contribution in [2.45, 2.75) is 52.6 Å². The van der Waals surface area contributed by atoms with Crippen molar-refractivity contribution < 1.29 is 27.1 Å². The first-order valence-corrected chi connectivity index (χ1v) is 8.05. The van der Waals surface area contributed by atoms with Crippen LogP contribution in [0.2, 0.25) is 0 Å². The van der Waals surface area contributed by atoms with E-state index in [1.165, 1.54) is 12.1 Å². The molecular weight excluding hydrogens is 301 g/mol. The van der Waals surface area contributed by atoms with Crippen LogP contribution >= 0.6 is 0 Å². The Bertz CT molecular complexity index is 408. The monoisotopic (exact) mass is 322 g/mol. The Labute approximate surface area is 125 Å². The Hall–Kier alpha value is -0.893. The van der Waals surface area contributed by atoms with Crippen LogP contribution in [-0.2, 0) is 20.1 Å². The molecule has 120 valence electrons. The lowest BCUT2D eigenvalue weighted by Gasteiger charge is -2.23. The normalized spacial score (nSPS) is 13.2. The molecule has 0 N–H and O–H groups in total. The summed E-state index contributed by atoms with van der Waals surface area (Å²) in [6.07, 6.45) is -4.43. The van der Waals surface area contributed by atoms with Gasteiger partial charge >= 0.3 is 6.18 Å². The number of rotatable bonds is 7. The molecule has 21 heavy (non-hydrogen) atoms. The van der Waals surface area contributed by atoms with Crippen molar-refractivity contribution in [2.75, 3.05) is 0 Å². The average Bonchev–Trinajstić information content (AvgIpc) is 2.34. The number of benzene rings is 1. The second-order valence-electron chi connectivity index (χ2n) is 5.16. The van der Waals surface area contributed by atoms with E-state index in [4.69, 9.17) is 13.9 Å². The Morgan fingerprint density at radius 3 is 1.76 bits per heavy atom. The summed E-state index contributed by atoms with van der Waals surface area (Å²) >= 11 is 0. The fourth-order valence-corrected chi connectivity index (χ4v) is 2.42. The average molecular weight is 322 g/mol. The standard InChI is InChI=1S/C14H21F3O3Si/c1-9(2)18-13(19-10(3)4)20-21-12-7-5-11(6-8-12)14(15,16)17/h5-10,13H,21H2,1-4H3. The van der Waals surface area contributed by atoms with Crippen LogP contribution in [-0.4, -0.2) is 28.4 Å². The zero-order valence-electron chi connectivity index (χ0n) is 12.6. The lowest BCUT2D eigenvalue weighted by molar-refractivity contribution is -0.274. The van der Waals surface area contributed by atoms with E-state index < -0.39 is 28.0 Å². The highest BCUT2D eigenvalue weighted by atomic mass is 28.2. The third kappa shape index (κ3) is 7.08. The van der Waals surface area contributed by atoms with Crippen LogP contribution in [0.3, 0.4) is 0 Å². The molecule has 0 unspecified atom stereocenters. The van der Waals surface area contributed by atoms with Crippen LogP contribution in [0.15, 0.2) is 24.3 Å². The molecule has 0 atom stereocenters. The van der Waals surface area contributed by atoms with Gasteiger partial charge in [0.25, 0.3) is 6.48 Å². The van der Waals surface area contributed by atoms with E-state index in [-0.39, 0.29) is 12.2 Å². The molecule has 0 heterocycles. The van der Waals surface area contributed by atoms with Gasteiger partial charge in [0.05, 0.1) is 17.8 Å². The quantitative estimate of drug-likeness (QED) is 0.570. The predicted octanol–water partition coefficient (Wildman–Crippen LogP) is 2.56. The fourth-order valence-electron chi connectivity index (χ4n) is 1.51. The molecule has 0 fully saturated rings. The first-order chi connectivity index (χ1) is 9.68. The van der Waals surface area contributed by atoms with Crippen LogP contribution in [0.25, 0.3) is 0 Å². The molecule has 0 saturated carbocycles. The third-order valence-corrected chi connectivity index (χ3v) is 3.68. The van der Waals surface area contributed by atoms with Crippen molar-refractivity contribution in [3.63, 3.8) is 0 Å². The molecule has 0 saturated heterocycles. The van der Waals surface area contributed by atoms with Gasteiger partial charge in [0.2, 0.25) is 0 Å². The highest BCUT2D eigenvalue weighted by Gasteiger charge is 2.29. The molecule has 1 aromatic rings. The molecule has 0 amide bonds. The van der Waals surface area contributed by atoms with Crippen molar-refractivity contribution in [2.24, 2.45) is 0 Å². The number of alkyl halides is 3. The van der Waals surface area contributed by atoms with Crippen molar-refractivity contribution in [1.82, 2.24) is 0 Å². The van der Waals surface area contributed by atoms with Gasteiger partial charge in [0.1, 0.15) is 0 Å². The van der Waals surface area contributed by atoms with Crippen molar-refractivity contribution in [3.05, 3.63) is 29.8 Å². The number of ether oxygens (including phenoxy) is 2. The smallest absolute Gasteiger partial charge is 0.373 e. The molecule has 0 aromatic heterocycles. The molecule has 0 radical (unpaired) electrons. The van der Waals surface area contributed by atoms with E-state index in [0.717, 1.165) is 17.3 Å². The highest BCUT2D eigenvalue weighted by Crippen LogP contribution is 2.28. The first kappa shape index (κ1) is 18.2. The Balaban J connectivity index is 2.59. The maximum atomic E-state index is 12.5. The van der Waals surface area contributed by atoms with E-state index in [2.05, 4.69) is 0 Å². The van der Waals surface area contributed by atoms with E-state index >= 15 is 0 Å². The van der Waals surface area contributed by atoms with Crippen LogP contribution in [0.5, 0.6) is 0 Å². The van der Waals surface area contributed by atoms with Gasteiger partial charge in [-0.25, -0.2) is 0 Å². The molecule has 0 aliphatic carbocycles. The summed E-state index contributed by atoms with van der Waals surface area (Å²) in [4.78, 5) is 0. The van der Waals surface area contributed by atoms with Crippen molar-refractivity contribution in [3.8, 4) is 0 Å². The molecular formula is C14H21F3O3Si. The fraction of sp³-hybridized carbons (Fsp3) is 0.571. The minimum absolute atomic E-state index is 0.0599. The lowest BCUT2D eigenvalue weighted by atomic mass is 10.2. The lowest BCUT2D eigenvalue weighted by Crippen LogP contribution is -2.32. The summed E-state index contributed by atoms with van der Waals surface area (Å²) in [6.45, 7) is 6.66. The predicted molar refractivity (Wildman–Crippen MR) is 76.9 cm³/mol. The van der Waals surface area contributed by atoms with Crippen molar-refractivity contribution in [1.29, 1.82) is 0 Å². The minimum atomic E-state index is -4.31. The topological polar surface area (TPSA) is 27.7 Å². The number of halogens is 3. The summed E-state index contributed by atoms with van der Waals surface area (Å²) in [7, 11) is -1.22. The summed E-state index contributed by atoms with van der Waals surface area (Å²) in [5.41, 5.74) is -0.659. The maximum absolute atomic E-state index is 12.5. The largest absolute Gasteiger partial charge is 0.416 e. The second kappa shape index (κ2) is 7.93. The molecule has 1 rings (SSSR count). The van der Waals surface area contributed by atoms with E-state index in [9.17, 15) is 13.2 Å². The van der Waals surface area contributed by atoms with Gasteiger partial charge in [-0.15, -0.1) is 0 Å². The summed E-state index contributed by atoms with van der Waals surface area (Å²) < 4.78 is 53.9. The van der Waals surface area contributed by atoms with Crippen LogP contribution in [0.4, 0.5) is 13.2 Å². The molecule has 0 aliphatic rings. The zero-order chi connectivity index (χ0) is 16.0. The van der Waals surface area contributed by atoms with Gasteiger partial charge in [-0.05, 0) is 32.9 Å². The Morgan fingerprint density at radius 2 is 1.38 bits per heavy atom. The Morgan fingerprint density at radius 1 is 0.905 bits per heavy atom. The van der Waals surface area contributed by atoms with E-state index in [1.807, 2.05) is 27.7 Å². The van der Waals surface area contributed by atoms with Gasteiger partial charge in [0.15, 0.2) is 9.76 Å². The van der Waals surface area contributed by atoms with Gasteiger partial charge in [-0.2, -0.15) is 13.2 Å². The highest BCUT2D eigenvalue weighted by molar-refractivity contribution is 6.46. The minimum Gasteiger partial charge on any atom is -0.373 e. The molecule has 7 heteroatoms. The van der Waals surface area contributed by atoms with Gasteiger partial charge in [0, 0.05) is 0 Å². The van der Waals surface area contributed by atoms with Gasteiger partial charge < -0.3 is 13.9 Å². The van der Waals surface area contributed by atoms with Crippen LogP contribution < -0.4 is 5.19 Å². The molecule has 0 aliphatic heterocycles. The summed E-state index contributed by atoms with van der Waals surface area (Å²) in [5, 5.41) is 0.757. The molecule has 3 nitrogen and oxygen atoms in total. The molecule has 0 bridgehead atoms. The van der Waals surface area contributed by atoms with E-state index in [0.29, 0.717) is 0 Å².